The molecule has 8 heteroatoms. The first-order valence-corrected chi connectivity index (χ1v) is 11.4. The molecule has 1 fully saturated rings. The van der Waals surface area contributed by atoms with Gasteiger partial charge < -0.3 is 5.32 Å². The largest absolute Gasteiger partial charge is 0.322 e. The van der Waals surface area contributed by atoms with Crippen molar-refractivity contribution in [2.45, 2.75) is 17.2 Å². The van der Waals surface area contributed by atoms with Gasteiger partial charge in [0, 0.05) is 35.2 Å². The molecule has 6 nitrogen and oxygen atoms in total. The Bertz CT molecular complexity index is 1230. The molecule has 0 aliphatic carbocycles. The van der Waals surface area contributed by atoms with Crippen LogP contribution in [0.25, 0.3) is 0 Å². The van der Waals surface area contributed by atoms with Gasteiger partial charge in [-0.25, -0.2) is 12.7 Å². The zero-order valence-corrected chi connectivity index (χ0v) is 17.9. The number of rotatable bonds is 5. The summed E-state index contributed by atoms with van der Waals surface area (Å²) < 4.78 is 27.2. The maximum absolute atomic E-state index is 13.2. The van der Waals surface area contributed by atoms with Gasteiger partial charge in [0.25, 0.3) is 15.9 Å². The van der Waals surface area contributed by atoms with E-state index in [1.807, 2.05) is 30.3 Å². The summed E-state index contributed by atoms with van der Waals surface area (Å²) in [4.78, 5) is 25.0. The van der Waals surface area contributed by atoms with Gasteiger partial charge >= 0.3 is 0 Å². The van der Waals surface area contributed by atoms with Gasteiger partial charge in [0.05, 0.1) is 4.90 Å². The van der Waals surface area contributed by atoms with E-state index >= 15 is 0 Å². The number of hydrogen-bond acceptors (Lipinski definition) is 4. The minimum absolute atomic E-state index is 0.0758. The summed E-state index contributed by atoms with van der Waals surface area (Å²) in [5, 5.41) is 3.24. The highest BCUT2D eigenvalue weighted by molar-refractivity contribution is 7.89. The standard InChI is InChI=1S/C23H19ClN2O4S/c24-19-9-11-20(12-10-19)25-23(28)17-7-4-8-21(13-17)31(29,30)26-15-18(14-22(26)27)16-5-2-1-3-6-16/h1-13,18H,14-15H2,(H,25,28). The summed E-state index contributed by atoms with van der Waals surface area (Å²) in [6, 6.07) is 21.6. The summed E-state index contributed by atoms with van der Waals surface area (Å²) >= 11 is 5.85. The number of carbonyl (C=O) groups is 2. The first-order valence-electron chi connectivity index (χ1n) is 9.62. The van der Waals surface area contributed by atoms with E-state index in [1.165, 1.54) is 24.3 Å². The number of anilines is 1. The third-order valence-corrected chi connectivity index (χ3v) is 7.18. The van der Waals surface area contributed by atoms with E-state index in [-0.39, 0.29) is 29.3 Å². The van der Waals surface area contributed by atoms with Gasteiger partial charge in [0.15, 0.2) is 0 Å². The van der Waals surface area contributed by atoms with Crippen LogP contribution in [-0.4, -0.2) is 31.1 Å². The van der Waals surface area contributed by atoms with Crippen LogP contribution >= 0.6 is 11.6 Å². The Balaban J connectivity index is 1.55. The first-order chi connectivity index (χ1) is 14.8. The van der Waals surface area contributed by atoms with E-state index in [1.54, 1.807) is 24.3 Å². The van der Waals surface area contributed by atoms with E-state index in [0.29, 0.717) is 10.7 Å². The maximum atomic E-state index is 13.2. The molecular formula is C23H19ClN2O4S. The lowest BCUT2D eigenvalue weighted by atomic mass is 9.99. The third-order valence-electron chi connectivity index (χ3n) is 5.14. The molecule has 0 saturated carbocycles. The van der Waals surface area contributed by atoms with Crippen LogP contribution in [0.1, 0.15) is 28.3 Å². The van der Waals surface area contributed by atoms with E-state index in [4.69, 9.17) is 11.6 Å². The number of nitrogens with one attached hydrogen (secondary N) is 1. The van der Waals surface area contributed by atoms with E-state index < -0.39 is 21.8 Å². The number of halogens is 1. The normalized spacial score (nSPS) is 16.4. The maximum Gasteiger partial charge on any atom is 0.266 e. The summed E-state index contributed by atoms with van der Waals surface area (Å²) in [6.07, 6.45) is 0.125. The van der Waals surface area contributed by atoms with Crippen molar-refractivity contribution in [3.8, 4) is 0 Å². The lowest BCUT2D eigenvalue weighted by Gasteiger charge is -2.18. The fraction of sp³-hybridized carbons (Fsp3) is 0.130. The van der Waals surface area contributed by atoms with Gasteiger partial charge in [-0.3, -0.25) is 9.59 Å². The molecule has 1 heterocycles. The Morgan fingerprint density at radius 2 is 1.68 bits per heavy atom. The van der Waals surface area contributed by atoms with Gasteiger partial charge in [0.1, 0.15) is 0 Å². The zero-order valence-electron chi connectivity index (χ0n) is 16.4. The highest BCUT2D eigenvalue weighted by Crippen LogP contribution is 2.32. The molecule has 1 aliphatic heterocycles. The van der Waals surface area contributed by atoms with Gasteiger partial charge in [-0.05, 0) is 48.0 Å². The Morgan fingerprint density at radius 1 is 0.968 bits per heavy atom. The van der Waals surface area contributed by atoms with Crippen LogP contribution < -0.4 is 5.32 Å². The third kappa shape index (κ3) is 4.47. The molecule has 0 aromatic heterocycles. The second kappa shape index (κ2) is 8.53. The fourth-order valence-corrected chi connectivity index (χ4v) is 5.15. The fourth-order valence-electron chi connectivity index (χ4n) is 3.52. The summed E-state index contributed by atoms with van der Waals surface area (Å²) in [7, 11) is -4.08. The van der Waals surface area contributed by atoms with Crippen LogP contribution in [0, 0.1) is 0 Å². The SMILES string of the molecule is O=C(Nc1ccc(Cl)cc1)c1cccc(S(=O)(=O)N2CC(c3ccccc3)CC2=O)c1. The molecule has 1 aliphatic rings. The summed E-state index contributed by atoms with van der Waals surface area (Å²) in [5.74, 6) is -1.11. The van der Waals surface area contributed by atoms with Gasteiger partial charge in [0.2, 0.25) is 5.91 Å². The van der Waals surface area contributed by atoms with Crippen LogP contribution in [0.2, 0.25) is 5.02 Å². The average molecular weight is 455 g/mol. The highest BCUT2D eigenvalue weighted by Gasteiger charge is 2.39. The second-order valence-electron chi connectivity index (χ2n) is 7.23. The van der Waals surface area contributed by atoms with Crippen molar-refractivity contribution in [2.75, 3.05) is 11.9 Å². The van der Waals surface area contributed by atoms with Crippen LogP contribution in [0.15, 0.2) is 83.8 Å². The number of carbonyl (C=O) groups excluding carboxylic acids is 2. The van der Waals surface area contributed by atoms with Crippen LogP contribution in [0.4, 0.5) is 5.69 Å². The Labute approximate surface area is 185 Å². The first kappa shape index (κ1) is 21.1. The molecule has 1 saturated heterocycles. The molecule has 1 N–H and O–H groups in total. The Hall–Kier alpha value is -3.16. The van der Waals surface area contributed by atoms with Crippen molar-refractivity contribution in [1.82, 2.24) is 4.31 Å². The van der Waals surface area contributed by atoms with Crippen molar-refractivity contribution in [3.63, 3.8) is 0 Å². The molecule has 3 aromatic rings. The minimum Gasteiger partial charge on any atom is -0.322 e. The van der Waals surface area contributed by atoms with Crippen molar-refractivity contribution in [2.24, 2.45) is 0 Å². The lowest BCUT2D eigenvalue weighted by Crippen LogP contribution is -2.32. The molecule has 31 heavy (non-hydrogen) atoms. The molecule has 0 bridgehead atoms. The smallest absolute Gasteiger partial charge is 0.266 e. The Kier molecular flexibility index (Phi) is 5.80. The molecule has 2 amide bonds. The molecule has 0 spiro atoms. The number of nitrogens with zero attached hydrogens (tertiary/aromatic N) is 1. The van der Waals surface area contributed by atoms with Crippen molar-refractivity contribution in [3.05, 3.63) is 95.0 Å². The predicted molar refractivity (Wildman–Crippen MR) is 119 cm³/mol. The lowest BCUT2D eigenvalue weighted by molar-refractivity contribution is -0.123. The minimum atomic E-state index is -4.08. The molecular weight excluding hydrogens is 436 g/mol. The van der Waals surface area contributed by atoms with Crippen molar-refractivity contribution < 1.29 is 18.0 Å². The zero-order chi connectivity index (χ0) is 22.0. The molecule has 158 valence electrons. The molecule has 1 atom stereocenters. The van der Waals surface area contributed by atoms with E-state index in [9.17, 15) is 18.0 Å². The van der Waals surface area contributed by atoms with Crippen LogP contribution in [0.5, 0.6) is 0 Å². The highest BCUT2D eigenvalue weighted by atomic mass is 35.5. The van der Waals surface area contributed by atoms with Crippen LogP contribution in [0.3, 0.4) is 0 Å². The summed E-state index contributed by atoms with van der Waals surface area (Å²) in [5.41, 5.74) is 1.62. The van der Waals surface area contributed by atoms with Crippen molar-refractivity contribution in [1.29, 1.82) is 0 Å². The quantitative estimate of drug-likeness (QED) is 0.623. The number of hydrogen-bond donors (Lipinski definition) is 1. The van der Waals surface area contributed by atoms with Gasteiger partial charge in [-0.15, -0.1) is 0 Å². The number of amides is 2. The topological polar surface area (TPSA) is 83.6 Å². The number of benzene rings is 3. The van der Waals surface area contributed by atoms with E-state index in [0.717, 1.165) is 9.87 Å². The van der Waals surface area contributed by atoms with E-state index in [2.05, 4.69) is 5.32 Å². The van der Waals surface area contributed by atoms with Crippen molar-refractivity contribution >= 4 is 39.1 Å². The van der Waals surface area contributed by atoms with Crippen LogP contribution in [-0.2, 0) is 14.8 Å². The second-order valence-corrected chi connectivity index (χ2v) is 9.53. The predicted octanol–water partition coefficient (Wildman–Crippen LogP) is 4.30. The van der Waals surface area contributed by atoms with Gasteiger partial charge in [-0.1, -0.05) is 48.0 Å². The molecule has 3 aromatic carbocycles. The molecule has 0 radical (unpaired) electrons. The average Bonchev–Trinajstić information content (AvgIpc) is 3.18. The Morgan fingerprint density at radius 3 is 2.39 bits per heavy atom. The number of sulfonamides is 1. The molecule has 4 rings (SSSR count). The monoisotopic (exact) mass is 454 g/mol. The molecule has 1 unspecified atom stereocenters. The summed E-state index contributed by atoms with van der Waals surface area (Å²) in [6.45, 7) is 0.0758. The van der Waals surface area contributed by atoms with Gasteiger partial charge in [-0.2, -0.15) is 0 Å².